The van der Waals surface area contributed by atoms with Gasteiger partial charge in [0.15, 0.2) is 5.82 Å². The fraction of sp³-hybridized carbons (Fsp3) is 0.538. The quantitative estimate of drug-likeness (QED) is 0.660. The predicted octanol–water partition coefficient (Wildman–Crippen LogP) is 3.58. The van der Waals surface area contributed by atoms with Gasteiger partial charge in [-0.2, -0.15) is 0 Å². The minimum atomic E-state index is -0.590. The zero-order valence-electron chi connectivity index (χ0n) is 10.5. The van der Waals surface area contributed by atoms with Crippen LogP contribution in [0.5, 0.6) is 0 Å². The highest BCUT2D eigenvalue weighted by Gasteiger charge is 2.30. The maximum atomic E-state index is 13.7. The van der Waals surface area contributed by atoms with Gasteiger partial charge < -0.3 is 5.32 Å². The Morgan fingerprint density at radius 1 is 1.39 bits per heavy atom. The van der Waals surface area contributed by atoms with E-state index >= 15 is 0 Å². The highest BCUT2D eigenvalue weighted by atomic mass is 19.1. The van der Waals surface area contributed by atoms with E-state index in [0.717, 1.165) is 18.9 Å². The summed E-state index contributed by atoms with van der Waals surface area (Å²) >= 11 is 0. The lowest BCUT2D eigenvalue weighted by molar-refractivity contribution is -0.385. The van der Waals surface area contributed by atoms with Crippen molar-refractivity contribution in [3.8, 4) is 0 Å². The molecule has 0 saturated heterocycles. The van der Waals surface area contributed by atoms with Gasteiger partial charge in [-0.25, -0.2) is 4.39 Å². The van der Waals surface area contributed by atoms with E-state index in [2.05, 4.69) is 19.2 Å². The molecule has 0 radical (unpaired) electrons. The zero-order chi connectivity index (χ0) is 13.3. The molecule has 0 spiro atoms. The first-order valence-corrected chi connectivity index (χ1v) is 6.19. The summed E-state index contributed by atoms with van der Waals surface area (Å²) in [6, 6.07) is 3.99. The summed E-state index contributed by atoms with van der Waals surface area (Å²) in [4.78, 5) is 9.93. The average Bonchev–Trinajstić information content (AvgIpc) is 2.63. The summed E-state index contributed by atoms with van der Waals surface area (Å²) in [5, 5.41) is 13.7. The van der Waals surface area contributed by atoms with Gasteiger partial charge in [-0.05, 0) is 30.7 Å². The number of halogens is 1. The molecule has 0 aromatic heterocycles. The molecule has 0 heterocycles. The Kier molecular flexibility index (Phi) is 3.50. The molecule has 1 aromatic rings. The lowest BCUT2D eigenvalue weighted by Gasteiger charge is -2.21. The van der Waals surface area contributed by atoms with Gasteiger partial charge in [-0.15, -0.1) is 0 Å². The first-order chi connectivity index (χ1) is 8.49. The second kappa shape index (κ2) is 4.92. The van der Waals surface area contributed by atoms with Gasteiger partial charge in [0.05, 0.1) is 16.7 Å². The van der Waals surface area contributed by atoms with E-state index in [1.807, 2.05) is 0 Å². The highest BCUT2D eigenvalue weighted by molar-refractivity contribution is 5.50. The number of hydrogen-bond donors (Lipinski definition) is 1. The van der Waals surface area contributed by atoms with Crippen molar-refractivity contribution in [3.63, 3.8) is 0 Å². The zero-order valence-corrected chi connectivity index (χ0v) is 10.5. The van der Waals surface area contributed by atoms with Gasteiger partial charge in [0.25, 0.3) is 5.69 Å². The molecular weight excluding hydrogens is 235 g/mol. The standard InChI is InChI=1S/C13H17FN2O2/c1-8-3-5-12(9(8)2)15-13-6-4-10(16(17)18)7-11(13)14/h4,6-9,12,15H,3,5H2,1-2H3. The molecule has 0 aliphatic heterocycles. The van der Waals surface area contributed by atoms with Crippen LogP contribution in [0.3, 0.4) is 0 Å². The van der Waals surface area contributed by atoms with Crippen molar-refractivity contribution in [2.24, 2.45) is 11.8 Å². The van der Waals surface area contributed by atoms with Crippen molar-refractivity contribution in [2.45, 2.75) is 32.7 Å². The van der Waals surface area contributed by atoms with E-state index < -0.39 is 10.7 Å². The summed E-state index contributed by atoms with van der Waals surface area (Å²) in [6.45, 7) is 4.34. The summed E-state index contributed by atoms with van der Waals surface area (Å²) in [5.74, 6) is 0.555. The molecule has 18 heavy (non-hydrogen) atoms. The maximum absolute atomic E-state index is 13.7. The normalized spacial score (nSPS) is 27.2. The van der Waals surface area contributed by atoms with Crippen LogP contribution < -0.4 is 5.32 Å². The summed E-state index contributed by atoms with van der Waals surface area (Å²) in [7, 11) is 0. The molecule has 1 aliphatic carbocycles. The number of non-ortho nitro benzene ring substituents is 1. The fourth-order valence-electron chi connectivity index (χ4n) is 2.50. The van der Waals surface area contributed by atoms with Crippen LogP contribution in [0.25, 0.3) is 0 Å². The minimum Gasteiger partial charge on any atom is -0.380 e. The molecule has 1 aromatic carbocycles. The molecule has 2 rings (SSSR count). The molecule has 0 amide bonds. The molecule has 4 nitrogen and oxygen atoms in total. The number of rotatable bonds is 3. The van der Waals surface area contributed by atoms with Gasteiger partial charge in [-0.1, -0.05) is 13.8 Å². The Hall–Kier alpha value is -1.65. The number of hydrogen-bond acceptors (Lipinski definition) is 3. The van der Waals surface area contributed by atoms with Crippen LogP contribution in [0.1, 0.15) is 26.7 Å². The number of benzene rings is 1. The number of nitrogens with one attached hydrogen (secondary N) is 1. The van der Waals surface area contributed by atoms with Gasteiger partial charge in [-0.3, -0.25) is 10.1 Å². The molecule has 5 heteroatoms. The van der Waals surface area contributed by atoms with Gasteiger partial charge in [0.2, 0.25) is 0 Å². The van der Waals surface area contributed by atoms with Crippen LogP contribution in [0.4, 0.5) is 15.8 Å². The number of nitrogens with zero attached hydrogens (tertiary/aromatic N) is 1. The van der Waals surface area contributed by atoms with Gasteiger partial charge in [0.1, 0.15) is 0 Å². The van der Waals surface area contributed by atoms with E-state index in [0.29, 0.717) is 17.5 Å². The van der Waals surface area contributed by atoms with Crippen molar-refractivity contribution in [2.75, 3.05) is 5.32 Å². The summed E-state index contributed by atoms with van der Waals surface area (Å²) in [5.41, 5.74) is 0.137. The first-order valence-electron chi connectivity index (χ1n) is 6.19. The third-order valence-electron chi connectivity index (χ3n) is 3.97. The van der Waals surface area contributed by atoms with E-state index in [4.69, 9.17) is 0 Å². The molecular formula is C13H17FN2O2. The second-order valence-corrected chi connectivity index (χ2v) is 5.09. The van der Waals surface area contributed by atoms with Crippen molar-refractivity contribution in [3.05, 3.63) is 34.1 Å². The van der Waals surface area contributed by atoms with Crippen molar-refractivity contribution in [1.29, 1.82) is 0 Å². The van der Waals surface area contributed by atoms with Gasteiger partial charge in [0, 0.05) is 12.1 Å². The van der Waals surface area contributed by atoms with Gasteiger partial charge >= 0.3 is 0 Å². The second-order valence-electron chi connectivity index (χ2n) is 5.09. The highest BCUT2D eigenvalue weighted by Crippen LogP contribution is 2.34. The monoisotopic (exact) mass is 252 g/mol. The Morgan fingerprint density at radius 3 is 2.61 bits per heavy atom. The average molecular weight is 252 g/mol. The Labute approximate surface area is 105 Å². The van der Waals surface area contributed by atoms with Crippen molar-refractivity contribution in [1.82, 2.24) is 0 Å². The van der Waals surface area contributed by atoms with E-state index in [-0.39, 0.29) is 11.7 Å². The molecule has 3 atom stereocenters. The molecule has 0 bridgehead atoms. The van der Waals surface area contributed by atoms with Crippen molar-refractivity contribution < 1.29 is 9.31 Å². The van der Waals surface area contributed by atoms with Crippen LogP contribution >= 0.6 is 0 Å². The Balaban J connectivity index is 2.13. The molecule has 98 valence electrons. The van der Waals surface area contributed by atoms with Crippen LogP contribution in [-0.4, -0.2) is 11.0 Å². The summed E-state index contributed by atoms with van der Waals surface area (Å²) < 4.78 is 13.7. The number of anilines is 1. The first kappa shape index (κ1) is 12.8. The third-order valence-corrected chi connectivity index (χ3v) is 3.97. The molecule has 1 aliphatic rings. The lowest BCUT2D eigenvalue weighted by atomic mass is 9.97. The largest absolute Gasteiger partial charge is 0.380 e. The van der Waals surface area contributed by atoms with Crippen LogP contribution in [0.15, 0.2) is 18.2 Å². The smallest absolute Gasteiger partial charge is 0.272 e. The van der Waals surface area contributed by atoms with Crippen LogP contribution in [0.2, 0.25) is 0 Å². The van der Waals surface area contributed by atoms with Crippen molar-refractivity contribution >= 4 is 11.4 Å². The Morgan fingerprint density at radius 2 is 2.11 bits per heavy atom. The summed E-state index contributed by atoms with van der Waals surface area (Å²) in [6.07, 6.45) is 2.15. The van der Waals surface area contributed by atoms with E-state index in [9.17, 15) is 14.5 Å². The molecule has 1 saturated carbocycles. The lowest BCUT2D eigenvalue weighted by Crippen LogP contribution is -2.24. The number of nitro benzene ring substituents is 1. The van der Waals surface area contributed by atoms with E-state index in [1.165, 1.54) is 12.1 Å². The van der Waals surface area contributed by atoms with Crippen LogP contribution in [-0.2, 0) is 0 Å². The van der Waals surface area contributed by atoms with Crippen LogP contribution in [0, 0.1) is 27.8 Å². The molecule has 1 N–H and O–H groups in total. The molecule has 3 unspecified atom stereocenters. The SMILES string of the molecule is CC1CCC(Nc2ccc([N+](=O)[O-])cc2F)C1C. The topological polar surface area (TPSA) is 55.2 Å². The predicted molar refractivity (Wildman–Crippen MR) is 68.0 cm³/mol. The van der Waals surface area contributed by atoms with E-state index in [1.54, 1.807) is 0 Å². The maximum Gasteiger partial charge on any atom is 0.272 e. The number of nitro groups is 1. The third kappa shape index (κ3) is 2.44. The Bertz CT molecular complexity index is 464. The minimum absolute atomic E-state index is 0.217. The molecule has 1 fully saturated rings. The fourth-order valence-corrected chi connectivity index (χ4v) is 2.50.